The van der Waals surface area contributed by atoms with Crippen molar-refractivity contribution in [2.75, 3.05) is 13.2 Å². The Labute approximate surface area is 340 Å². The third kappa shape index (κ3) is 41.3. The molecule has 0 heterocycles. The zero-order valence-corrected chi connectivity index (χ0v) is 35.9. The average molecular weight is 811 g/mol. The van der Waals surface area contributed by atoms with Gasteiger partial charge >= 0.3 is 19.8 Å². The number of esters is 2. The Kier molecular flexibility index (Phi) is 37.9. The Hall–Kier alpha value is -2.33. The highest BCUT2D eigenvalue weighted by Crippen LogP contribution is 2.36. The van der Waals surface area contributed by atoms with Crippen molar-refractivity contribution in [2.45, 2.75) is 199 Å². The van der Waals surface area contributed by atoms with Crippen LogP contribution in [0.2, 0.25) is 0 Å². The number of hydrogen-bond donors (Lipinski definition) is 4. The van der Waals surface area contributed by atoms with Gasteiger partial charge in [0.05, 0.1) is 18.8 Å². The van der Waals surface area contributed by atoms with E-state index in [0.29, 0.717) is 25.7 Å². The largest absolute Gasteiger partial charge is 0.469 e. The van der Waals surface area contributed by atoms with Gasteiger partial charge in [0.25, 0.3) is 0 Å². The van der Waals surface area contributed by atoms with Crippen molar-refractivity contribution in [3.05, 3.63) is 60.8 Å². The van der Waals surface area contributed by atoms with Crippen molar-refractivity contribution in [3.8, 4) is 0 Å². The maximum absolute atomic E-state index is 12.4. The number of carbonyl (C=O) groups excluding carboxylic acids is 2. The molecule has 0 aliphatic rings. The highest BCUT2D eigenvalue weighted by Gasteiger charge is 2.23. The van der Waals surface area contributed by atoms with Crippen LogP contribution >= 0.6 is 7.82 Å². The van der Waals surface area contributed by atoms with Crippen LogP contribution in [-0.2, 0) is 28.2 Å². The van der Waals surface area contributed by atoms with Gasteiger partial charge in [-0.05, 0) is 64.2 Å². The molecule has 0 fully saturated rings. The van der Waals surface area contributed by atoms with Gasteiger partial charge in [-0.1, -0.05) is 164 Å². The van der Waals surface area contributed by atoms with E-state index in [0.717, 1.165) is 25.7 Å². The second kappa shape index (κ2) is 39.5. The molecule has 3 atom stereocenters. The molecule has 11 heteroatoms. The molecular weight excluding hydrogens is 731 g/mol. The van der Waals surface area contributed by atoms with Crippen molar-refractivity contribution in [1.29, 1.82) is 0 Å². The minimum Gasteiger partial charge on any atom is -0.462 e. The lowest BCUT2D eigenvalue weighted by molar-refractivity contribution is -0.161. The Balaban J connectivity index is 4.14. The molecule has 0 saturated heterocycles. The summed E-state index contributed by atoms with van der Waals surface area (Å²) in [5.41, 5.74) is 0. The van der Waals surface area contributed by atoms with E-state index >= 15 is 0 Å². The van der Waals surface area contributed by atoms with Gasteiger partial charge in [-0.2, -0.15) is 0 Å². The van der Waals surface area contributed by atoms with E-state index in [1.807, 2.05) is 6.08 Å². The van der Waals surface area contributed by atoms with Gasteiger partial charge in [-0.25, -0.2) is 4.57 Å². The maximum Gasteiger partial charge on any atom is 0.469 e. The summed E-state index contributed by atoms with van der Waals surface area (Å²) in [7, 11) is -4.82. The van der Waals surface area contributed by atoms with Crippen molar-refractivity contribution < 1.29 is 48.2 Å². The number of carbonyl (C=O) groups is 2. The lowest BCUT2D eigenvalue weighted by Crippen LogP contribution is -2.29. The summed E-state index contributed by atoms with van der Waals surface area (Å²) in [6.45, 7) is 3.41. The molecule has 0 aromatic rings. The highest BCUT2D eigenvalue weighted by atomic mass is 31.2. The molecule has 0 radical (unpaired) electrons. The molecule has 0 saturated carbocycles. The van der Waals surface area contributed by atoms with Crippen molar-refractivity contribution in [3.63, 3.8) is 0 Å². The molecule has 0 aromatic carbocycles. The summed E-state index contributed by atoms with van der Waals surface area (Å²) >= 11 is 0. The van der Waals surface area contributed by atoms with Crippen LogP contribution < -0.4 is 0 Å². The third-order valence-corrected chi connectivity index (χ3v) is 9.68. The molecule has 4 N–H and O–H groups in total. The van der Waals surface area contributed by atoms with Gasteiger partial charge < -0.3 is 29.5 Å². The quantitative estimate of drug-likeness (QED) is 0.0155. The first-order chi connectivity index (χ1) is 27.1. The number of hydrogen-bond acceptors (Lipinski definition) is 8. The maximum atomic E-state index is 12.4. The van der Waals surface area contributed by atoms with Gasteiger partial charge in [0, 0.05) is 12.8 Å². The van der Waals surface area contributed by atoms with Crippen LogP contribution in [0.3, 0.4) is 0 Å². The van der Waals surface area contributed by atoms with Gasteiger partial charge in [0.15, 0.2) is 6.10 Å². The molecule has 0 rings (SSSR count). The van der Waals surface area contributed by atoms with Gasteiger partial charge in [-0.3, -0.25) is 14.1 Å². The monoisotopic (exact) mass is 811 g/mol. The van der Waals surface area contributed by atoms with E-state index in [1.54, 1.807) is 36.5 Å². The molecule has 0 aliphatic carbocycles. The Morgan fingerprint density at radius 1 is 0.554 bits per heavy atom. The smallest absolute Gasteiger partial charge is 0.462 e. The molecule has 0 aliphatic heterocycles. The van der Waals surface area contributed by atoms with E-state index in [9.17, 15) is 24.4 Å². The summed E-state index contributed by atoms with van der Waals surface area (Å²) in [4.78, 5) is 42.9. The minimum atomic E-state index is -4.82. The van der Waals surface area contributed by atoms with Crippen LogP contribution in [0.25, 0.3) is 0 Å². The standard InChI is InChI=1S/C45H79O10P/c1-3-5-7-9-11-12-13-14-15-16-17-18-19-20-21-22-23-25-31-37-45(49)55-43(40-54-56(50,51)52)39-53-44(48)38-32-36-42(47)35-30-27-26-29-34-41(46)33-28-24-10-8-6-4-2/h14-15,24,26-30,34-35,41-43,46-47H,3-13,16-23,25,31-33,36-40H2,1-2H3,(H2,50,51,52)/b15-14-,27-26+,28-24-,34-29+,35-30-/t41-,42-,43-/m1/s1. The molecule has 0 spiro atoms. The number of phosphoric ester groups is 1. The third-order valence-electron chi connectivity index (χ3n) is 9.20. The number of aliphatic hydroxyl groups is 2. The van der Waals surface area contributed by atoms with Crippen LogP contribution in [0.4, 0.5) is 0 Å². The van der Waals surface area contributed by atoms with E-state index in [2.05, 4.69) is 36.6 Å². The van der Waals surface area contributed by atoms with Crippen LogP contribution in [0.1, 0.15) is 181 Å². The Morgan fingerprint density at radius 3 is 1.59 bits per heavy atom. The Morgan fingerprint density at radius 2 is 1.02 bits per heavy atom. The molecule has 0 amide bonds. The van der Waals surface area contributed by atoms with Crippen LogP contribution in [0, 0.1) is 0 Å². The van der Waals surface area contributed by atoms with E-state index < -0.39 is 51.3 Å². The summed E-state index contributed by atoms with van der Waals surface area (Å²) in [6, 6.07) is 0. The molecule has 0 bridgehead atoms. The predicted octanol–water partition coefficient (Wildman–Crippen LogP) is 11.2. The van der Waals surface area contributed by atoms with E-state index in [-0.39, 0.29) is 12.8 Å². The fourth-order valence-electron chi connectivity index (χ4n) is 5.86. The molecule has 324 valence electrons. The SMILES string of the molecule is CCCCC/C=C\C[C@@H](O)/C=C/C=C/C=C\[C@@H](O)CCCC(=O)OC[C@H](COP(=O)(O)O)OC(=O)CCCCCCCCCCC/C=C\CCCCCCCC. The summed E-state index contributed by atoms with van der Waals surface area (Å²) in [5, 5.41) is 20.2. The van der Waals surface area contributed by atoms with Crippen LogP contribution in [-0.4, -0.2) is 63.5 Å². The summed E-state index contributed by atoms with van der Waals surface area (Å²) in [6.07, 6.45) is 42.8. The zero-order chi connectivity index (χ0) is 41.4. The molecular formula is C45H79O10P. The van der Waals surface area contributed by atoms with Crippen molar-refractivity contribution in [2.24, 2.45) is 0 Å². The minimum absolute atomic E-state index is 0.00509. The van der Waals surface area contributed by atoms with Crippen molar-refractivity contribution in [1.82, 2.24) is 0 Å². The first-order valence-electron chi connectivity index (χ1n) is 21.8. The topological polar surface area (TPSA) is 160 Å². The van der Waals surface area contributed by atoms with Gasteiger partial charge in [0.1, 0.15) is 6.61 Å². The lowest BCUT2D eigenvalue weighted by Gasteiger charge is -2.18. The zero-order valence-electron chi connectivity index (χ0n) is 35.0. The number of ether oxygens (including phenoxy) is 2. The fraction of sp³-hybridized carbons (Fsp3) is 0.733. The highest BCUT2D eigenvalue weighted by molar-refractivity contribution is 7.46. The summed E-state index contributed by atoms with van der Waals surface area (Å²) < 4.78 is 26.3. The van der Waals surface area contributed by atoms with Crippen molar-refractivity contribution >= 4 is 19.8 Å². The fourth-order valence-corrected chi connectivity index (χ4v) is 6.22. The average Bonchev–Trinajstić information content (AvgIpc) is 3.16. The van der Waals surface area contributed by atoms with Gasteiger partial charge in [-0.15, -0.1) is 0 Å². The lowest BCUT2D eigenvalue weighted by atomic mass is 10.1. The van der Waals surface area contributed by atoms with E-state index in [1.165, 1.54) is 103 Å². The number of unbranched alkanes of at least 4 members (excludes halogenated alkanes) is 18. The summed E-state index contributed by atoms with van der Waals surface area (Å²) in [5.74, 6) is -1.13. The molecule has 10 nitrogen and oxygen atoms in total. The number of aliphatic hydroxyl groups excluding tert-OH is 2. The molecule has 56 heavy (non-hydrogen) atoms. The van der Waals surface area contributed by atoms with Gasteiger partial charge in [0.2, 0.25) is 0 Å². The molecule has 0 unspecified atom stereocenters. The molecule has 0 aromatic heterocycles. The number of allylic oxidation sites excluding steroid dienone is 7. The number of rotatable bonds is 39. The normalized spacial score (nSPS) is 14.2. The first-order valence-corrected chi connectivity index (χ1v) is 23.3. The van der Waals surface area contributed by atoms with Crippen LogP contribution in [0.15, 0.2) is 60.8 Å². The predicted molar refractivity (Wildman–Crippen MR) is 228 cm³/mol. The number of phosphoric acid groups is 1. The van der Waals surface area contributed by atoms with Crippen LogP contribution in [0.5, 0.6) is 0 Å². The Bertz CT molecular complexity index is 1130. The van der Waals surface area contributed by atoms with E-state index in [4.69, 9.17) is 19.3 Å². The second-order valence-electron chi connectivity index (χ2n) is 14.7. The second-order valence-corrected chi connectivity index (χ2v) is 16.0. The first kappa shape index (κ1) is 53.7.